The molecule has 1 unspecified atom stereocenters. The summed E-state index contributed by atoms with van der Waals surface area (Å²) in [5.74, 6) is 0. The number of nitrogens with zero attached hydrogens (tertiary/aromatic N) is 2. The van der Waals surface area contributed by atoms with E-state index in [1.807, 2.05) is 12.1 Å². The second-order valence-corrected chi connectivity index (χ2v) is 6.02. The van der Waals surface area contributed by atoms with Crippen LogP contribution in [-0.4, -0.2) is 4.57 Å². The number of rotatable bonds is 2. The molecule has 0 saturated heterocycles. The highest BCUT2D eigenvalue weighted by atomic mass is 14.9. The molecule has 3 rings (SSSR count). The zero-order valence-corrected chi connectivity index (χ0v) is 12.5. The van der Waals surface area contributed by atoms with E-state index in [4.69, 9.17) is 11.0 Å². The first kappa shape index (κ1) is 13.9. The lowest BCUT2D eigenvalue weighted by molar-refractivity contribution is 0.610. The molecule has 2 aromatic rings. The molecule has 0 saturated carbocycles. The van der Waals surface area contributed by atoms with Crippen molar-refractivity contribution in [2.75, 3.05) is 0 Å². The predicted octanol–water partition coefficient (Wildman–Crippen LogP) is 3.44. The van der Waals surface area contributed by atoms with Crippen LogP contribution in [0.1, 0.15) is 53.1 Å². The molecule has 2 N–H and O–H groups in total. The molecule has 0 radical (unpaired) electrons. The Hall–Kier alpha value is -2.05. The molecule has 108 valence electrons. The zero-order valence-electron chi connectivity index (χ0n) is 12.5. The van der Waals surface area contributed by atoms with E-state index < -0.39 is 0 Å². The lowest BCUT2D eigenvalue weighted by Crippen LogP contribution is -2.09. The minimum Gasteiger partial charge on any atom is -0.349 e. The first-order valence-corrected chi connectivity index (χ1v) is 7.61. The van der Waals surface area contributed by atoms with Gasteiger partial charge in [-0.05, 0) is 60.6 Å². The number of aromatic nitrogens is 1. The molecular weight excluding hydrogens is 258 g/mol. The number of fused-ring (bicyclic) bond motifs is 1. The number of nitrogens with two attached hydrogens (primary N) is 1. The lowest BCUT2D eigenvalue weighted by Gasteiger charge is -2.09. The van der Waals surface area contributed by atoms with E-state index in [0.717, 1.165) is 24.9 Å². The van der Waals surface area contributed by atoms with Gasteiger partial charge >= 0.3 is 0 Å². The number of nitriles is 1. The third-order valence-electron chi connectivity index (χ3n) is 4.43. The molecule has 0 aliphatic heterocycles. The molecule has 0 amide bonds. The van der Waals surface area contributed by atoms with E-state index in [2.05, 4.69) is 36.0 Å². The van der Waals surface area contributed by atoms with Crippen molar-refractivity contribution < 1.29 is 0 Å². The third kappa shape index (κ3) is 2.86. The van der Waals surface area contributed by atoms with E-state index in [-0.39, 0.29) is 6.04 Å². The Labute approximate surface area is 126 Å². The van der Waals surface area contributed by atoms with Gasteiger partial charge in [0.1, 0.15) is 0 Å². The minimum absolute atomic E-state index is 0.186. The fourth-order valence-electron chi connectivity index (χ4n) is 3.18. The van der Waals surface area contributed by atoms with E-state index in [0.29, 0.717) is 0 Å². The highest BCUT2D eigenvalue weighted by Gasteiger charge is 2.17. The van der Waals surface area contributed by atoms with Gasteiger partial charge < -0.3 is 10.3 Å². The molecular formula is C18H21N3. The van der Waals surface area contributed by atoms with Crippen LogP contribution in [0.2, 0.25) is 0 Å². The SMILES string of the molecule is Cc1cc(C#N)ccc1Cn1cc2c(c1)C(N)CCCC2. The quantitative estimate of drug-likeness (QED) is 0.856. The second kappa shape index (κ2) is 5.75. The van der Waals surface area contributed by atoms with Gasteiger partial charge in [-0.25, -0.2) is 0 Å². The van der Waals surface area contributed by atoms with E-state index in [1.54, 1.807) is 0 Å². The topological polar surface area (TPSA) is 54.7 Å². The summed E-state index contributed by atoms with van der Waals surface area (Å²) in [6.07, 6.45) is 9.15. The third-order valence-corrected chi connectivity index (χ3v) is 4.43. The maximum atomic E-state index is 8.94. The first-order chi connectivity index (χ1) is 10.2. The molecule has 1 atom stereocenters. The van der Waals surface area contributed by atoms with E-state index >= 15 is 0 Å². The minimum atomic E-state index is 0.186. The monoisotopic (exact) mass is 279 g/mol. The van der Waals surface area contributed by atoms with Crippen LogP contribution < -0.4 is 5.73 Å². The van der Waals surface area contributed by atoms with Gasteiger partial charge in [0.2, 0.25) is 0 Å². The Balaban J connectivity index is 1.86. The summed E-state index contributed by atoms with van der Waals surface area (Å²) in [7, 11) is 0. The van der Waals surface area contributed by atoms with Crippen molar-refractivity contribution in [3.05, 3.63) is 58.4 Å². The first-order valence-electron chi connectivity index (χ1n) is 7.61. The van der Waals surface area contributed by atoms with Crippen LogP contribution in [0, 0.1) is 18.3 Å². The second-order valence-electron chi connectivity index (χ2n) is 6.02. The average molecular weight is 279 g/mol. The lowest BCUT2D eigenvalue weighted by atomic mass is 10.1. The van der Waals surface area contributed by atoms with Crippen molar-refractivity contribution in [2.45, 2.75) is 45.2 Å². The Bertz CT molecular complexity index is 691. The standard InChI is InChI=1S/C18H21N3/c1-13-8-14(9-19)6-7-15(13)10-21-11-16-4-2-3-5-18(20)17(16)12-21/h6-8,11-12,18H,2-5,10,20H2,1H3. The Kier molecular flexibility index (Phi) is 3.81. The van der Waals surface area contributed by atoms with Crippen LogP contribution in [0.3, 0.4) is 0 Å². The van der Waals surface area contributed by atoms with Crippen LogP contribution in [-0.2, 0) is 13.0 Å². The molecule has 1 aliphatic rings. The molecule has 0 bridgehead atoms. The average Bonchev–Trinajstić information content (AvgIpc) is 2.81. The summed E-state index contributed by atoms with van der Waals surface area (Å²) in [6.45, 7) is 2.91. The van der Waals surface area contributed by atoms with E-state index in [9.17, 15) is 0 Å². The Morgan fingerprint density at radius 1 is 1.33 bits per heavy atom. The maximum absolute atomic E-state index is 8.94. The van der Waals surface area contributed by atoms with Crippen molar-refractivity contribution in [1.29, 1.82) is 5.26 Å². The van der Waals surface area contributed by atoms with Gasteiger partial charge in [0.15, 0.2) is 0 Å². The highest BCUT2D eigenvalue weighted by molar-refractivity contribution is 5.38. The van der Waals surface area contributed by atoms with Crippen LogP contribution in [0.5, 0.6) is 0 Å². The van der Waals surface area contributed by atoms with Crippen molar-refractivity contribution in [3.63, 3.8) is 0 Å². The molecule has 0 fully saturated rings. The number of aryl methyl sites for hydroxylation is 2. The highest BCUT2D eigenvalue weighted by Crippen LogP contribution is 2.28. The van der Waals surface area contributed by atoms with E-state index in [1.165, 1.54) is 35.1 Å². The predicted molar refractivity (Wildman–Crippen MR) is 83.9 cm³/mol. The van der Waals surface area contributed by atoms with Crippen molar-refractivity contribution >= 4 is 0 Å². The largest absolute Gasteiger partial charge is 0.349 e. The fourth-order valence-corrected chi connectivity index (χ4v) is 3.18. The Morgan fingerprint density at radius 2 is 2.19 bits per heavy atom. The molecule has 0 spiro atoms. The molecule has 1 aliphatic carbocycles. The van der Waals surface area contributed by atoms with Crippen molar-refractivity contribution in [1.82, 2.24) is 4.57 Å². The molecule has 3 heteroatoms. The summed E-state index contributed by atoms with van der Waals surface area (Å²) >= 11 is 0. The van der Waals surface area contributed by atoms with Gasteiger partial charge in [-0.2, -0.15) is 5.26 Å². The van der Waals surface area contributed by atoms with Gasteiger partial charge in [0, 0.05) is 25.0 Å². The normalized spacial score (nSPS) is 17.9. The summed E-state index contributed by atoms with van der Waals surface area (Å²) in [4.78, 5) is 0. The number of benzene rings is 1. The maximum Gasteiger partial charge on any atom is 0.0991 e. The van der Waals surface area contributed by atoms with Crippen LogP contribution in [0.15, 0.2) is 30.6 Å². The summed E-state index contributed by atoms with van der Waals surface area (Å²) < 4.78 is 2.24. The van der Waals surface area contributed by atoms with Gasteiger partial charge in [-0.3, -0.25) is 0 Å². The Morgan fingerprint density at radius 3 is 2.95 bits per heavy atom. The zero-order chi connectivity index (χ0) is 14.8. The van der Waals surface area contributed by atoms with Crippen LogP contribution in [0.4, 0.5) is 0 Å². The smallest absolute Gasteiger partial charge is 0.0991 e. The molecule has 3 nitrogen and oxygen atoms in total. The van der Waals surface area contributed by atoms with Crippen LogP contribution >= 0.6 is 0 Å². The summed E-state index contributed by atoms with van der Waals surface area (Å²) in [5, 5.41) is 8.94. The fraction of sp³-hybridized carbons (Fsp3) is 0.389. The summed E-state index contributed by atoms with van der Waals surface area (Å²) in [6, 6.07) is 8.27. The molecule has 21 heavy (non-hydrogen) atoms. The van der Waals surface area contributed by atoms with Crippen LogP contribution in [0.25, 0.3) is 0 Å². The number of hydrogen-bond acceptors (Lipinski definition) is 2. The van der Waals surface area contributed by atoms with Gasteiger partial charge in [0.05, 0.1) is 11.6 Å². The van der Waals surface area contributed by atoms with Crippen molar-refractivity contribution in [3.8, 4) is 6.07 Å². The van der Waals surface area contributed by atoms with Gasteiger partial charge in [0.25, 0.3) is 0 Å². The molecule has 1 aromatic carbocycles. The number of hydrogen-bond donors (Lipinski definition) is 1. The molecule has 1 aromatic heterocycles. The van der Waals surface area contributed by atoms with Gasteiger partial charge in [-0.1, -0.05) is 12.5 Å². The van der Waals surface area contributed by atoms with Crippen molar-refractivity contribution in [2.24, 2.45) is 5.73 Å². The molecule has 1 heterocycles. The summed E-state index contributed by atoms with van der Waals surface area (Å²) in [5.41, 5.74) is 12.1. The van der Waals surface area contributed by atoms with Gasteiger partial charge in [-0.15, -0.1) is 0 Å².